The van der Waals surface area contributed by atoms with Crippen LogP contribution in [0.2, 0.25) is 0 Å². The summed E-state index contributed by atoms with van der Waals surface area (Å²) in [5, 5.41) is 11.1. The third-order valence-electron chi connectivity index (χ3n) is 6.14. The quantitative estimate of drug-likeness (QED) is 0.358. The lowest BCUT2D eigenvalue weighted by molar-refractivity contribution is 0.0961. The molecule has 0 fully saturated rings. The van der Waals surface area contributed by atoms with Crippen LogP contribution in [0.15, 0.2) is 40.8 Å². The van der Waals surface area contributed by atoms with Crippen LogP contribution in [0.1, 0.15) is 29.9 Å². The van der Waals surface area contributed by atoms with Crippen LogP contribution >= 0.6 is 11.3 Å². The second kappa shape index (κ2) is 10.0. The zero-order chi connectivity index (χ0) is 26.1. The van der Waals surface area contributed by atoms with E-state index < -0.39 is 5.91 Å². The van der Waals surface area contributed by atoms with E-state index in [-0.39, 0.29) is 17.0 Å². The Labute approximate surface area is 216 Å². The molecule has 0 atom stereocenters. The molecule has 0 aliphatic carbocycles. The van der Waals surface area contributed by atoms with Gasteiger partial charge in [-0.05, 0) is 37.1 Å². The molecule has 1 aromatic carbocycles. The number of ether oxygens (including phenoxy) is 1. The number of pyridine rings is 2. The molecule has 11 heteroatoms. The Hall–Kier alpha value is -4.25. The smallest absolute Gasteiger partial charge is 0.320 e. The summed E-state index contributed by atoms with van der Waals surface area (Å²) in [6.45, 7) is 5.29. The van der Waals surface area contributed by atoms with Gasteiger partial charge in [0.15, 0.2) is 0 Å². The van der Waals surface area contributed by atoms with Crippen LogP contribution in [0.5, 0.6) is 5.75 Å². The second-order valence-electron chi connectivity index (χ2n) is 8.46. The van der Waals surface area contributed by atoms with Crippen LogP contribution in [0.25, 0.3) is 32.6 Å². The maximum Gasteiger partial charge on any atom is 0.320 e. The first-order valence-corrected chi connectivity index (χ1v) is 12.9. The van der Waals surface area contributed by atoms with Crippen molar-refractivity contribution in [1.82, 2.24) is 25.2 Å². The van der Waals surface area contributed by atoms with Gasteiger partial charge in [0.05, 0.1) is 23.1 Å². The van der Waals surface area contributed by atoms with Gasteiger partial charge in [-0.25, -0.2) is 14.8 Å². The minimum absolute atomic E-state index is 0.0762. The Morgan fingerprint density at radius 2 is 2.03 bits per heavy atom. The number of urea groups is 1. The van der Waals surface area contributed by atoms with Crippen LogP contribution in [0.3, 0.4) is 0 Å². The van der Waals surface area contributed by atoms with Crippen LogP contribution in [-0.2, 0) is 13.0 Å². The molecule has 4 aromatic rings. The number of aromatic nitrogens is 3. The zero-order valence-electron chi connectivity index (χ0n) is 20.7. The van der Waals surface area contributed by atoms with Gasteiger partial charge in [0.25, 0.3) is 5.91 Å². The second-order valence-corrected chi connectivity index (χ2v) is 9.32. The number of aryl methyl sites for hydroxylation is 1. The molecule has 0 radical (unpaired) electrons. The molecule has 0 unspecified atom stereocenters. The number of hydrogen-bond acceptors (Lipinski definition) is 7. The molecule has 0 spiro atoms. The highest BCUT2D eigenvalue weighted by atomic mass is 32.1. The van der Waals surface area contributed by atoms with Crippen LogP contribution < -0.4 is 26.1 Å². The lowest BCUT2D eigenvalue weighted by Crippen LogP contribution is -2.29. The monoisotopic (exact) mass is 518 g/mol. The first kappa shape index (κ1) is 24.4. The number of rotatable bonds is 6. The average Bonchev–Trinajstić information content (AvgIpc) is 3.39. The molecule has 3 aromatic heterocycles. The van der Waals surface area contributed by atoms with Gasteiger partial charge >= 0.3 is 6.03 Å². The Bertz CT molecular complexity index is 1590. The van der Waals surface area contributed by atoms with Gasteiger partial charge in [-0.2, -0.15) is 0 Å². The van der Waals surface area contributed by atoms with Gasteiger partial charge in [-0.1, -0.05) is 6.92 Å². The summed E-state index contributed by atoms with van der Waals surface area (Å²) in [6, 6.07) is 5.07. The highest BCUT2D eigenvalue weighted by molar-refractivity contribution is 7.13. The first-order valence-electron chi connectivity index (χ1n) is 12.0. The molecule has 0 bridgehead atoms. The van der Waals surface area contributed by atoms with Crippen molar-refractivity contribution >= 4 is 40.0 Å². The van der Waals surface area contributed by atoms with Crippen molar-refractivity contribution in [2.24, 2.45) is 0 Å². The molecule has 10 nitrogen and oxygen atoms in total. The van der Waals surface area contributed by atoms with Crippen molar-refractivity contribution in [2.75, 3.05) is 25.5 Å². The van der Waals surface area contributed by atoms with E-state index >= 15 is 0 Å². The predicted octanol–water partition coefficient (Wildman–Crippen LogP) is 3.64. The van der Waals surface area contributed by atoms with E-state index in [4.69, 9.17) is 9.72 Å². The Balaban J connectivity index is 1.72. The molecule has 37 heavy (non-hydrogen) atoms. The van der Waals surface area contributed by atoms with Crippen molar-refractivity contribution in [3.8, 4) is 27.4 Å². The maximum absolute atomic E-state index is 13.4. The SMILES string of the molecule is CCNC(=O)Nc1cc(-c2nc(CC)cs2)c(-c2cc3c4c(c2)c(=O)c(C(=O)NC)cn4CCO3)cn1. The Morgan fingerprint density at radius 3 is 2.76 bits per heavy atom. The predicted molar refractivity (Wildman–Crippen MR) is 144 cm³/mol. The van der Waals surface area contributed by atoms with Crippen molar-refractivity contribution < 1.29 is 14.3 Å². The van der Waals surface area contributed by atoms with Gasteiger partial charge in [0.2, 0.25) is 5.43 Å². The van der Waals surface area contributed by atoms with Gasteiger partial charge < -0.3 is 19.9 Å². The van der Waals surface area contributed by atoms with Crippen molar-refractivity contribution in [2.45, 2.75) is 26.8 Å². The summed E-state index contributed by atoms with van der Waals surface area (Å²) in [6.07, 6.45) is 4.03. The van der Waals surface area contributed by atoms with Gasteiger partial charge in [0.1, 0.15) is 28.7 Å². The van der Waals surface area contributed by atoms with E-state index in [1.807, 2.05) is 29.9 Å². The number of benzene rings is 1. The summed E-state index contributed by atoms with van der Waals surface area (Å²) >= 11 is 1.50. The third-order valence-corrected chi connectivity index (χ3v) is 7.06. The molecule has 5 rings (SSSR count). The van der Waals surface area contributed by atoms with Crippen molar-refractivity contribution in [1.29, 1.82) is 0 Å². The summed E-state index contributed by atoms with van der Waals surface area (Å²) < 4.78 is 7.84. The highest BCUT2D eigenvalue weighted by Crippen LogP contribution is 2.39. The van der Waals surface area contributed by atoms with Crippen LogP contribution in [0, 0.1) is 0 Å². The summed E-state index contributed by atoms with van der Waals surface area (Å²) in [7, 11) is 1.50. The van der Waals surface area contributed by atoms with E-state index in [9.17, 15) is 14.4 Å². The summed E-state index contributed by atoms with van der Waals surface area (Å²) in [5.74, 6) is 0.496. The Kier molecular flexibility index (Phi) is 6.62. The topological polar surface area (TPSA) is 127 Å². The molecule has 1 aliphatic rings. The van der Waals surface area contributed by atoms with Crippen molar-refractivity contribution in [3.63, 3.8) is 0 Å². The number of nitrogens with zero attached hydrogens (tertiary/aromatic N) is 3. The lowest BCUT2D eigenvalue weighted by atomic mass is 9.98. The average molecular weight is 519 g/mol. The summed E-state index contributed by atoms with van der Waals surface area (Å²) in [4.78, 5) is 47.1. The molecule has 0 saturated carbocycles. The minimum atomic E-state index is -0.438. The fourth-order valence-electron chi connectivity index (χ4n) is 4.34. The fourth-order valence-corrected chi connectivity index (χ4v) is 5.27. The van der Waals surface area contributed by atoms with Gasteiger partial charge in [-0.15, -0.1) is 11.3 Å². The maximum atomic E-state index is 13.4. The number of carbonyl (C=O) groups is 2. The largest absolute Gasteiger partial charge is 0.489 e. The van der Waals surface area contributed by atoms with Crippen LogP contribution in [-0.4, -0.2) is 46.7 Å². The summed E-state index contributed by atoms with van der Waals surface area (Å²) in [5.41, 5.74) is 3.49. The zero-order valence-corrected chi connectivity index (χ0v) is 21.5. The number of hydrogen-bond donors (Lipinski definition) is 3. The number of anilines is 1. The molecular formula is C26H26N6O4S. The highest BCUT2D eigenvalue weighted by Gasteiger charge is 2.23. The molecular weight excluding hydrogens is 492 g/mol. The lowest BCUT2D eigenvalue weighted by Gasteiger charge is -2.22. The van der Waals surface area contributed by atoms with Gasteiger partial charge in [0, 0.05) is 42.5 Å². The van der Waals surface area contributed by atoms with Crippen LogP contribution in [0.4, 0.5) is 10.6 Å². The molecule has 0 saturated heterocycles. The number of thiazole rings is 1. The first-order chi connectivity index (χ1) is 17.9. The third kappa shape index (κ3) is 4.53. The van der Waals surface area contributed by atoms with E-state index in [1.54, 1.807) is 24.5 Å². The van der Waals surface area contributed by atoms with E-state index in [1.165, 1.54) is 18.4 Å². The number of nitrogens with one attached hydrogen (secondary N) is 3. The number of carbonyl (C=O) groups excluding carboxylic acids is 2. The van der Waals surface area contributed by atoms with Crippen molar-refractivity contribution in [3.05, 3.63) is 57.5 Å². The fraction of sp³-hybridized carbons (Fsp3) is 0.269. The number of amides is 3. The van der Waals surface area contributed by atoms with E-state index in [0.717, 1.165) is 28.2 Å². The molecule has 190 valence electrons. The molecule has 1 aliphatic heterocycles. The van der Waals surface area contributed by atoms with E-state index in [2.05, 4.69) is 20.9 Å². The normalized spacial score (nSPS) is 12.2. The molecule has 3 N–H and O–H groups in total. The molecule has 4 heterocycles. The Morgan fingerprint density at radius 1 is 1.19 bits per heavy atom. The minimum Gasteiger partial charge on any atom is -0.489 e. The standard InChI is InChI=1S/C26H26N6O4S/c1-4-15-13-37-25(30-15)16-10-21(31-26(35)28-5-2)29-11-18(16)14-8-17-22-20(9-14)36-7-6-32(22)12-19(23(17)33)24(34)27-3/h8-13H,4-7H2,1-3H3,(H,27,34)(H2,28,29,31,35). The molecule has 3 amide bonds. The van der Waals surface area contributed by atoms with E-state index in [0.29, 0.717) is 47.7 Å². The van der Waals surface area contributed by atoms with Gasteiger partial charge in [-0.3, -0.25) is 14.9 Å².